The van der Waals surface area contributed by atoms with E-state index in [1.165, 1.54) is 0 Å². The van der Waals surface area contributed by atoms with Crippen LogP contribution in [0.15, 0.2) is 24.5 Å². The van der Waals surface area contributed by atoms with E-state index in [9.17, 15) is 4.79 Å². The lowest BCUT2D eigenvalue weighted by Gasteiger charge is -2.35. The van der Waals surface area contributed by atoms with E-state index in [0.29, 0.717) is 23.1 Å². The molecule has 1 aliphatic rings. The molecule has 4 nitrogen and oxygen atoms in total. The number of methoxy groups -OCH3 is 1. The monoisotopic (exact) mass is 323 g/mol. The molecule has 0 aromatic heterocycles. The summed E-state index contributed by atoms with van der Waals surface area (Å²) in [6.45, 7) is 3.26. The zero-order valence-electron chi connectivity index (χ0n) is 13.0. The first kappa shape index (κ1) is 16.8. The average molecular weight is 324 g/mol. The lowest BCUT2D eigenvalue weighted by molar-refractivity contribution is 0.0737. The topological polar surface area (TPSA) is 47.6 Å². The standard InChI is InChI=1S/C17H22ClNO3/c1-3-22-7-6-13-4-5-14(18)10-16(13)17(20)19-15-8-12(9-15)11-21-2/h4-7,10,12,15H,3,8-9,11H2,1-2H3,(H,19,20)/b7-6+. The van der Waals surface area contributed by atoms with Crippen LogP contribution in [-0.2, 0) is 9.47 Å². The van der Waals surface area contributed by atoms with Gasteiger partial charge >= 0.3 is 0 Å². The molecule has 1 amide bonds. The SMILES string of the molecule is CCO/C=C/c1ccc(Cl)cc1C(=O)NC1CC(COC)C1. The number of carbonyl (C=O) groups is 1. The Morgan fingerprint density at radius 2 is 2.23 bits per heavy atom. The Bertz CT molecular complexity index is 539. The molecule has 5 heteroatoms. The molecule has 1 N–H and O–H groups in total. The van der Waals surface area contributed by atoms with Crippen LogP contribution in [-0.4, -0.2) is 32.3 Å². The van der Waals surface area contributed by atoms with Crippen LogP contribution in [0.5, 0.6) is 0 Å². The molecule has 22 heavy (non-hydrogen) atoms. The van der Waals surface area contributed by atoms with E-state index >= 15 is 0 Å². The molecule has 1 aromatic carbocycles. The Morgan fingerprint density at radius 3 is 2.91 bits per heavy atom. The van der Waals surface area contributed by atoms with E-state index in [-0.39, 0.29) is 11.9 Å². The van der Waals surface area contributed by atoms with E-state index in [1.807, 2.05) is 13.0 Å². The number of hydrogen-bond donors (Lipinski definition) is 1. The van der Waals surface area contributed by atoms with E-state index in [1.54, 1.807) is 31.6 Å². The molecule has 2 rings (SSSR count). The Labute approximate surface area is 136 Å². The highest BCUT2D eigenvalue weighted by molar-refractivity contribution is 6.31. The van der Waals surface area contributed by atoms with Crippen molar-refractivity contribution in [2.75, 3.05) is 20.3 Å². The summed E-state index contributed by atoms with van der Waals surface area (Å²) in [5, 5.41) is 3.60. The second-order valence-corrected chi connectivity index (χ2v) is 5.89. The Balaban J connectivity index is 2.01. The van der Waals surface area contributed by atoms with Gasteiger partial charge in [-0.2, -0.15) is 0 Å². The summed E-state index contributed by atoms with van der Waals surface area (Å²) in [4.78, 5) is 12.4. The van der Waals surface area contributed by atoms with Gasteiger partial charge in [-0.25, -0.2) is 0 Å². The number of halogens is 1. The van der Waals surface area contributed by atoms with Crippen LogP contribution < -0.4 is 5.32 Å². The summed E-state index contributed by atoms with van der Waals surface area (Å²) < 4.78 is 10.3. The number of hydrogen-bond acceptors (Lipinski definition) is 3. The van der Waals surface area contributed by atoms with Crippen LogP contribution in [0.25, 0.3) is 6.08 Å². The third-order valence-electron chi connectivity index (χ3n) is 3.74. The Hall–Kier alpha value is -1.52. The van der Waals surface area contributed by atoms with Gasteiger partial charge in [0.25, 0.3) is 5.91 Å². The van der Waals surface area contributed by atoms with Crippen LogP contribution in [0.3, 0.4) is 0 Å². The Kier molecular flexibility index (Phi) is 6.28. The lowest BCUT2D eigenvalue weighted by Crippen LogP contribution is -2.45. The van der Waals surface area contributed by atoms with Gasteiger partial charge in [0, 0.05) is 30.3 Å². The van der Waals surface area contributed by atoms with Crippen molar-refractivity contribution < 1.29 is 14.3 Å². The third kappa shape index (κ3) is 4.49. The fraction of sp³-hybridized carbons (Fsp3) is 0.471. The van der Waals surface area contributed by atoms with E-state index in [0.717, 1.165) is 25.0 Å². The van der Waals surface area contributed by atoms with E-state index in [4.69, 9.17) is 21.1 Å². The maximum Gasteiger partial charge on any atom is 0.252 e. The molecule has 1 aromatic rings. The predicted octanol–water partition coefficient (Wildman–Crippen LogP) is 3.50. The molecule has 0 heterocycles. The van der Waals surface area contributed by atoms with Crippen molar-refractivity contribution in [3.63, 3.8) is 0 Å². The molecule has 1 saturated carbocycles. The second-order valence-electron chi connectivity index (χ2n) is 5.45. The first-order chi connectivity index (χ1) is 10.6. The molecule has 120 valence electrons. The quantitative estimate of drug-likeness (QED) is 0.781. The first-order valence-corrected chi connectivity index (χ1v) is 7.89. The molecule has 0 aliphatic heterocycles. The predicted molar refractivity (Wildman–Crippen MR) is 88.0 cm³/mol. The van der Waals surface area contributed by atoms with Crippen molar-refractivity contribution in [3.05, 3.63) is 40.6 Å². The van der Waals surface area contributed by atoms with E-state index in [2.05, 4.69) is 5.32 Å². The minimum atomic E-state index is -0.0977. The van der Waals surface area contributed by atoms with Crippen LogP contribution >= 0.6 is 11.6 Å². The number of ether oxygens (including phenoxy) is 2. The maximum atomic E-state index is 12.4. The molecule has 0 radical (unpaired) electrons. The van der Waals surface area contributed by atoms with Crippen molar-refractivity contribution in [1.82, 2.24) is 5.32 Å². The summed E-state index contributed by atoms with van der Waals surface area (Å²) in [6.07, 6.45) is 5.30. The van der Waals surface area contributed by atoms with Crippen LogP contribution in [0.1, 0.15) is 35.7 Å². The van der Waals surface area contributed by atoms with Crippen LogP contribution in [0.4, 0.5) is 0 Å². The number of rotatable bonds is 7. The van der Waals surface area contributed by atoms with Gasteiger partial charge in [-0.15, -0.1) is 0 Å². The van der Waals surface area contributed by atoms with Crippen molar-refractivity contribution in [2.45, 2.75) is 25.8 Å². The highest BCUT2D eigenvalue weighted by Crippen LogP contribution is 2.28. The Morgan fingerprint density at radius 1 is 1.45 bits per heavy atom. The van der Waals surface area contributed by atoms with Crippen LogP contribution in [0.2, 0.25) is 5.02 Å². The van der Waals surface area contributed by atoms with Crippen molar-refractivity contribution in [1.29, 1.82) is 0 Å². The van der Waals surface area contributed by atoms with Gasteiger partial charge in [-0.3, -0.25) is 4.79 Å². The molecule has 0 atom stereocenters. The molecule has 0 unspecified atom stereocenters. The molecule has 1 aliphatic carbocycles. The average Bonchev–Trinajstić information content (AvgIpc) is 2.46. The number of nitrogens with one attached hydrogen (secondary N) is 1. The lowest BCUT2D eigenvalue weighted by atomic mass is 9.80. The molecule has 0 bridgehead atoms. The highest BCUT2D eigenvalue weighted by Gasteiger charge is 2.30. The van der Waals surface area contributed by atoms with Crippen molar-refractivity contribution >= 4 is 23.6 Å². The maximum absolute atomic E-state index is 12.4. The zero-order chi connectivity index (χ0) is 15.9. The fourth-order valence-electron chi connectivity index (χ4n) is 2.58. The van der Waals surface area contributed by atoms with Crippen molar-refractivity contribution in [2.24, 2.45) is 5.92 Å². The highest BCUT2D eigenvalue weighted by atomic mass is 35.5. The molecular formula is C17H22ClNO3. The third-order valence-corrected chi connectivity index (χ3v) is 3.98. The van der Waals surface area contributed by atoms with Gasteiger partial charge in [0.2, 0.25) is 0 Å². The smallest absolute Gasteiger partial charge is 0.252 e. The molecule has 1 fully saturated rings. The number of amides is 1. The summed E-state index contributed by atoms with van der Waals surface area (Å²) in [5.74, 6) is 0.450. The summed E-state index contributed by atoms with van der Waals surface area (Å²) in [6, 6.07) is 5.49. The summed E-state index contributed by atoms with van der Waals surface area (Å²) >= 11 is 6.02. The van der Waals surface area contributed by atoms with Gasteiger partial charge in [0.05, 0.1) is 12.9 Å². The zero-order valence-corrected chi connectivity index (χ0v) is 13.7. The van der Waals surface area contributed by atoms with Gasteiger partial charge in [0.15, 0.2) is 0 Å². The van der Waals surface area contributed by atoms with Gasteiger partial charge in [0.1, 0.15) is 0 Å². The minimum Gasteiger partial charge on any atom is -0.501 e. The fourth-order valence-corrected chi connectivity index (χ4v) is 2.75. The second kappa shape index (κ2) is 8.20. The molecule has 0 spiro atoms. The van der Waals surface area contributed by atoms with Gasteiger partial charge in [-0.05, 0) is 49.5 Å². The first-order valence-electron chi connectivity index (χ1n) is 7.51. The van der Waals surface area contributed by atoms with E-state index < -0.39 is 0 Å². The minimum absolute atomic E-state index is 0.0977. The molecular weight excluding hydrogens is 302 g/mol. The normalized spacial score (nSPS) is 20.7. The van der Waals surface area contributed by atoms with Crippen molar-refractivity contribution in [3.8, 4) is 0 Å². The van der Waals surface area contributed by atoms with Crippen LogP contribution in [0, 0.1) is 5.92 Å². The van der Waals surface area contributed by atoms with Gasteiger partial charge in [-0.1, -0.05) is 17.7 Å². The largest absolute Gasteiger partial charge is 0.501 e. The summed E-state index contributed by atoms with van der Waals surface area (Å²) in [7, 11) is 1.70. The van der Waals surface area contributed by atoms with Gasteiger partial charge < -0.3 is 14.8 Å². The summed E-state index contributed by atoms with van der Waals surface area (Å²) in [5.41, 5.74) is 1.36. The number of carbonyl (C=O) groups excluding carboxylic acids is 1. The molecule has 0 saturated heterocycles. The number of benzene rings is 1.